The van der Waals surface area contributed by atoms with Crippen LogP contribution in [0.4, 0.5) is 0 Å². The zero-order valence-electron chi connectivity index (χ0n) is 8.87. The molecule has 0 N–H and O–H groups in total. The van der Waals surface area contributed by atoms with Crippen LogP contribution >= 0.6 is 11.3 Å². The van der Waals surface area contributed by atoms with E-state index in [2.05, 4.69) is 0 Å². The number of rotatable bonds is 5. The van der Waals surface area contributed by atoms with Crippen molar-refractivity contribution in [1.82, 2.24) is 0 Å². The van der Waals surface area contributed by atoms with Crippen LogP contribution in [-0.2, 0) is 9.53 Å². The second-order valence-corrected chi connectivity index (χ2v) is 4.42. The highest BCUT2D eigenvalue weighted by Crippen LogP contribution is 2.27. The van der Waals surface area contributed by atoms with Crippen molar-refractivity contribution in [2.24, 2.45) is 0 Å². The number of carbonyl (C=O) groups is 1. The first-order valence-electron chi connectivity index (χ1n) is 4.89. The van der Waals surface area contributed by atoms with Gasteiger partial charge < -0.3 is 4.74 Å². The van der Waals surface area contributed by atoms with E-state index in [0.717, 1.165) is 4.88 Å². The number of thiophene rings is 1. The van der Waals surface area contributed by atoms with Crippen molar-refractivity contribution in [3.05, 3.63) is 21.9 Å². The molecule has 1 aromatic heterocycles. The molecular formula is C11H16O2S. The van der Waals surface area contributed by atoms with Crippen LogP contribution in [0.15, 0.2) is 12.1 Å². The van der Waals surface area contributed by atoms with E-state index in [0.29, 0.717) is 13.0 Å². The second-order valence-electron chi connectivity index (χ2n) is 3.10. The molecule has 0 aromatic carbocycles. The van der Waals surface area contributed by atoms with Gasteiger partial charge in [-0.2, -0.15) is 0 Å². The molecule has 0 saturated carbocycles. The van der Waals surface area contributed by atoms with Crippen molar-refractivity contribution < 1.29 is 9.53 Å². The van der Waals surface area contributed by atoms with Gasteiger partial charge in [0, 0.05) is 22.8 Å². The van der Waals surface area contributed by atoms with Gasteiger partial charge in [0.15, 0.2) is 5.78 Å². The maximum absolute atomic E-state index is 11.6. The SMILES string of the molecule is CCOC(C(=O)CC)c1ccc(C)s1. The van der Waals surface area contributed by atoms with Crippen LogP contribution in [0, 0.1) is 6.92 Å². The first-order chi connectivity index (χ1) is 6.69. The van der Waals surface area contributed by atoms with Crippen LogP contribution in [0.1, 0.15) is 36.1 Å². The Balaban J connectivity index is 2.82. The molecular weight excluding hydrogens is 196 g/mol. The van der Waals surface area contributed by atoms with Crippen LogP contribution in [0.2, 0.25) is 0 Å². The summed E-state index contributed by atoms with van der Waals surface area (Å²) in [5.41, 5.74) is 0. The van der Waals surface area contributed by atoms with E-state index in [9.17, 15) is 4.79 Å². The van der Waals surface area contributed by atoms with E-state index >= 15 is 0 Å². The van der Waals surface area contributed by atoms with Gasteiger partial charge in [0.25, 0.3) is 0 Å². The molecule has 0 aliphatic rings. The number of carbonyl (C=O) groups excluding carboxylic acids is 1. The normalized spacial score (nSPS) is 12.8. The minimum Gasteiger partial charge on any atom is -0.365 e. The van der Waals surface area contributed by atoms with Crippen molar-refractivity contribution >= 4 is 17.1 Å². The topological polar surface area (TPSA) is 26.3 Å². The molecule has 0 aliphatic heterocycles. The predicted octanol–water partition coefficient (Wildman–Crippen LogP) is 3.11. The molecule has 0 bridgehead atoms. The molecule has 1 atom stereocenters. The summed E-state index contributed by atoms with van der Waals surface area (Å²) in [6.07, 6.45) is 0.186. The summed E-state index contributed by atoms with van der Waals surface area (Å²) in [5.74, 6) is 0.161. The Morgan fingerprint density at radius 3 is 2.64 bits per heavy atom. The molecule has 0 radical (unpaired) electrons. The highest BCUT2D eigenvalue weighted by molar-refractivity contribution is 7.12. The smallest absolute Gasteiger partial charge is 0.166 e. The van der Waals surface area contributed by atoms with Gasteiger partial charge in [-0.3, -0.25) is 4.79 Å². The third-order valence-electron chi connectivity index (χ3n) is 1.99. The summed E-state index contributed by atoms with van der Waals surface area (Å²) in [5, 5.41) is 0. The van der Waals surface area contributed by atoms with Gasteiger partial charge in [-0.1, -0.05) is 6.92 Å². The Kier molecular flexibility index (Phi) is 4.29. The highest BCUT2D eigenvalue weighted by atomic mass is 32.1. The van der Waals surface area contributed by atoms with Gasteiger partial charge in [-0.05, 0) is 26.0 Å². The zero-order valence-corrected chi connectivity index (χ0v) is 9.69. The maximum atomic E-state index is 11.6. The monoisotopic (exact) mass is 212 g/mol. The Hall–Kier alpha value is -0.670. The van der Waals surface area contributed by atoms with Crippen molar-refractivity contribution in [2.45, 2.75) is 33.3 Å². The van der Waals surface area contributed by atoms with Gasteiger partial charge in [-0.15, -0.1) is 11.3 Å². The third kappa shape index (κ3) is 2.66. The first kappa shape index (κ1) is 11.4. The van der Waals surface area contributed by atoms with E-state index in [-0.39, 0.29) is 11.9 Å². The highest BCUT2D eigenvalue weighted by Gasteiger charge is 2.20. The Labute approximate surface area is 88.9 Å². The van der Waals surface area contributed by atoms with Crippen molar-refractivity contribution in [1.29, 1.82) is 0 Å². The molecule has 78 valence electrons. The summed E-state index contributed by atoms with van der Waals surface area (Å²) in [6, 6.07) is 4.00. The number of ketones is 1. The van der Waals surface area contributed by atoms with Crippen molar-refractivity contribution in [3.63, 3.8) is 0 Å². The van der Waals surface area contributed by atoms with Crippen LogP contribution in [0.5, 0.6) is 0 Å². The lowest BCUT2D eigenvalue weighted by atomic mass is 10.1. The molecule has 3 heteroatoms. The summed E-state index contributed by atoms with van der Waals surface area (Å²) in [7, 11) is 0. The summed E-state index contributed by atoms with van der Waals surface area (Å²) < 4.78 is 5.45. The molecule has 0 aliphatic carbocycles. The molecule has 0 amide bonds. The lowest BCUT2D eigenvalue weighted by Gasteiger charge is -2.12. The second kappa shape index (κ2) is 5.27. The standard InChI is InChI=1S/C11H16O2S/c1-4-9(12)11(13-5-2)10-7-6-8(3)14-10/h6-7,11H,4-5H2,1-3H3. The van der Waals surface area contributed by atoms with E-state index in [1.54, 1.807) is 11.3 Å². The minimum absolute atomic E-state index is 0.161. The quantitative estimate of drug-likeness (QED) is 0.749. The minimum atomic E-state index is -0.344. The number of Topliss-reactive ketones (excluding diaryl/α,β-unsaturated/α-hetero) is 1. The number of aryl methyl sites for hydroxylation is 1. The van der Waals surface area contributed by atoms with Gasteiger partial charge in [0.2, 0.25) is 0 Å². The molecule has 0 saturated heterocycles. The van der Waals surface area contributed by atoms with Gasteiger partial charge in [0.05, 0.1) is 0 Å². The average molecular weight is 212 g/mol. The molecule has 1 aromatic rings. The average Bonchev–Trinajstić information content (AvgIpc) is 2.60. The van der Waals surface area contributed by atoms with Crippen LogP contribution in [0.25, 0.3) is 0 Å². The molecule has 1 heterocycles. The van der Waals surface area contributed by atoms with Crippen LogP contribution < -0.4 is 0 Å². The molecule has 1 rings (SSSR count). The van der Waals surface area contributed by atoms with Crippen molar-refractivity contribution in [2.75, 3.05) is 6.61 Å². The van der Waals surface area contributed by atoms with E-state index in [1.165, 1.54) is 4.88 Å². The van der Waals surface area contributed by atoms with Gasteiger partial charge in [-0.25, -0.2) is 0 Å². The Morgan fingerprint density at radius 2 is 2.21 bits per heavy atom. The summed E-state index contributed by atoms with van der Waals surface area (Å²) in [6.45, 7) is 6.40. The van der Waals surface area contributed by atoms with Crippen LogP contribution in [0.3, 0.4) is 0 Å². The molecule has 14 heavy (non-hydrogen) atoms. The van der Waals surface area contributed by atoms with E-state index in [1.807, 2.05) is 32.9 Å². The lowest BCUT2D eigenvalue weighted by Crippen LogP contribution is -2.13. The van der Waals surface area contributed by atoms with Gasteiger partial charge in [0.1, 0.15) is 6.10 Å². The zero-order chi connectivity index (χ0) is 10.6. The lowest BCUT2D eigenvalue weighted by molar-refractivity contribution is -0.130. The summed E-state index contributed by atoms with van der Waals surface area (Å²) >= 11 is 1.63. The third-order valence-corrected chi connectivity index (χ3v) is 3.04. The van der Waals surface area contributed by atoms with E-state index in [4.69, 9.17) is 4.74 Å². The molecule has 1 unspecified atom stereocenters. The number of ether oxygens (including phenoxy) is 1. The first-order valence-corrected chi connectivity index (χ1v) is 5.71. The predicted molar refractivity (Wildman–Crippen MR) is 58.7 cm³/mol. The fourth-order valence-electron chi connectivity index (χ4n) is 1.28. The van der Waals surface area contributed by atoms with E-state index < -0.39 is 0 Å². The Morgan fingerprint density at radius 1 is 1.50 bits per heavy atom. The number of hydrogen-bond acceptors (Lipinski definition) is 3. The number of hydrogen-bond donors (Lipinski definition) is 0. The summed E-state index contributed by atoms with van der Waals surface area (Å²) in [4.78, 5) is 13.8. The van der Waals surface area contributed by atoms with Gasteiger partial charge >= 0.3 is 0 Å². The molecule has 0 spiro atoms. The fraction of sp³-hybridized carbons (Fsp3) is 0.545. The molecule has 2 nitrogen and oxygen atoms in total. The maximum Gasteiger partial charge on any atom is 0.166 e. The van der Waals surface area contributed by atoms with Crippen LogP contribution in [-0.4, -0.2) is 12.4 Å². The molecule has 0 fully saturated rings. The van der Waals surface area contributed by atoms with Crippen molar-refractivity contribution in [3.8, 4) is 0 Å². The largest absolute Gasteiger partial charge is 0.365 e. The fourth-order valence-corrected chi connectivity index (χ4v) is 2.23. The Bertz CT molecular complexity index is 304.